The summed E-state index contributed by atoms with van der Waals surface area (Å²) in [5.74, 6) is -0.0480. The van der Waals surface area contributed by atoms with E-state index < -0.39 is 11.1 Å². The van der Waals surface area contributed by atoms with Crippen molar-refractivity contribution in [3.8, 4) is 23.6 Å². The molecule has 0 amide bonds. The fraction of sp³-hybridized carbons (Fsp3) is 0.0588. The minimum atomic E-state index is -0.451. The van der Waals surface area contributed by atoms with Gasteiger partial charge in [0.2, 0.25) is 0 Å². The number of hydrogen-bond acceptors (Lipinski definition) is 12. The van der Waals surface area contributed by atoms with E-state index in [-0.39, 0.29) is 22.6 Å². The Morgan fingerprint density at radius 3 is 1.33 bits per heavy atom. The van der Waals surface area contributed by atoms with E-state index >= 15 is 0 Å². The molecule has 0 unspecified atom stereocenters. The number of aromatic hydroxyl groups is 2. The molecule has 230 valence electrons. The molecule has 10 nitrogen and oxygen atoms in total. The number of nitriles is 2. The van der Waals surface area contributed by atoms with Crippen molar-refractivity contribution in [1.82, 2.24) is 18.8 Å². The van der Waals surface area contributed by atoms with Gasteiger partial charge < -0.3 is 10.2 Å². The highest BCUT2D eigenvalue weighted by Crippen LogP contribution is 2.67. The topological polar surface area (TPSA) is 157 Å². The molecule has 2 N–H and O–H groups in total. The average Bonchev–Trinajstić information content (AvgIpc) is 3.87. The summed E-state index contributed by atoms with van der Waals surface area (Å²) in [7, 11) is 0. The summed E-state index contributed by atoms with van der Waals surface area (Å²) in [6.07, 6.45) is 0. The monoisotopic (exact) mass is 700 g/mol. The molecule has 0 fully saturated rings. The van der Waals surface area contributed by atoms with E-state index in [0.717, 1.165) is 0 Å². The predicted molar refractivity (Wildman–Crippen MR) is 187 cm³/mol. The van der Waals surface area contributed by atoms with Gasteiger partial charge in [0.25, 0.3) is 11.1 Å². The molecule has 14 heteroatoms. The van der Waals surface area contributed by atoms with E-state index in [0.29, 0.717) is 83.0 Å². The number of thioether (sulfide) groups is 4. The van der Waals surface area contributed by atoms with Crippen molar-refractivity contribution in [3.63, 3.8) is 0 Å². The number of phenolic OH excluding ortho intramolecular Hbond substituents is 2. The van der Waals surface area contributed by atoms with E-state index in [1.54, 1.807) is 50.2 Å². The minimum Gasteiger partial charge on any atom is -0.505 e. The Morgan fingerprint density at radius 1 is 0.625 bits per heavy atom. The molecule has 0 spiro atoms. The molecule has 0 saturated heterocycles. The minimum absolute atomic E-state index is 0.000716. The highest BCUT2D eigenvalue weighted by atomic mass is 32.2. The van der Waals surface area contributed by atoms with Crippen LogP contribution >= 0.6 is 47.0 Å². The Morgan fingerprint density at radius 2 is 0.979 bits per heavy atom. The van der Waals surface area contributed by atoms with Crippen LogP contribution in [0.2, 0.25) is 0 Å². The van der Waals surface area contributed by atoms with Crippen molar-refractivity contribution in [2.45, 2.75) is 33.4 Å². The van der Waals surface area contributed by atoms with Gasteiger partial charge in [0, 0.05) is 10.4 Å². The lowest BCUT2D eigenvalue weighted by molar-refractivity contribution is 0.411. The molecule has 0 atom stereocenters. The Hall–Kier alpha value is -5.12. The maximum absolute atomic E-state index is 13.4. The molecule has 3 aromatic carbocycles. The number of nitrogens with zero attached hydrogens (tertiary/aromatic N) is 6. The van der Waals surface area contributed by atoms with E-state index in [9.17, 15) is 30.3 Å². The maximum Gasteiger partial charge on any atom is 0.275 e. The summed E-state index contributed by atoms with van der Waals surface area (Å²) in [5, 5.41) is 44.5. The van der Waals surface area contributed by atoms with Gasteiger partial charge in [-0.1, -0.05) is 71.3 Å². The summed E-state index contributed by atoms with van der Waals surface area (Å²) >= 11 is 4.98. The van der Waals surface area contributed by atoms with Crippen molar-refractivity contribution < 1.29 is 10.2 Å². The van der Waals surface area contributed by atoms with Gasteiger partial charge >= 0.3 is 0 Å². The number of aromatic nitrogens is 4. The first-order chi connectivity index (χ1) is 23.2. The van der Waals surface area contributed by atoms with Crippen molar-refractivity contribution >= 4 is 88.9 Å². The molecule has 0 aliphatic carbocycles. The summed E-state index contributed by atoms with van der Waals surface area (Å²) in [5.41, 5.74) is 3.22. The lowest BCUT2D eigenvalue weighted by Gasteiger charge is -2.08. The van der Waals surface area contributed by atoms with E-state index in [2.05, 4.69) is 12.1 Å². The highest BCUT2D eigenvalue weighted by molar-refractivity contribution is 8.33. The lowest BCUT2D eigenvalue weighted by atomic mass is 10.1. The third kappa shape index (κ3) is 3.68. The van der Waals surface area contributed by atoms with Gasteiger partial charge in [-0.2, -0.15) is 10.5 Å². The third-order valence-corrected chi connectivity index (χ3v) is 13.8. The Labute approximate surface area is 286 Å². The van der Waals surface area contributed by atoms with Gasteiger partial charge in [-0.05, 0) is 49.2 Å². The number of para-hydroxylation sites is 4. The SMILES string of the molecule is Cc1c(C#N)c(=O)n2c(nc3ccccc32)c1=C1Sc2c(O)c3c(c(O)c2S1)SC(=c1c(C)c(C#N)c(=O)n2c1nc1ccccc12)S3. The van der Waals surface area contributed by atoms with Crippen molar-refractivity contribution in [2.75, 3.05) is 0 Å². The smallest absolute Gasteiger partial charge is 0.275 e. The summed E-state index contributed by atoms with van der Waals surface area (Å²) in [6, 6.07) is 18.6. The molecular formula is C34H16N6O4S4. The number of benzene rings is 3. The lowest BCUT2D eigenvalue weighted by Crippen LogP contribution is -2.26. The molecule has 48 heavy (non-hydrogen) atoms. The Bertz CT molecular complexity index is 2790. The normalized spacial score (nSPS) is 13.9. The van der Waals surface area contributed by atoms with Crippen LogP contribution in [-0.2, 0) is 0 Å². The number of imidazole rings is 2. The van der Waals surface area contributed by atoms with Crippen LogP contribution in [0.5, 0.6) is 11.5 Å². The molecule has 0 radical (unpaired) electrons. The first-order valence-electron chi connectivity index (χ1n) is 14.3. The fourth-order valence-electron chi connectivity index (χ4n) is 6.31. The molecule has 4 aromatic heterocycles. The maximum atomic E-state index is 13.4. The highest BCUT2D eigenvalue weighted by Gasteiger charge is 2.37. The van der Waals surface area contributed by atoms with Gasteiger partial charge in [-0.3, -0.25) is 18.4 Å². The zero-order valence-corrected chi connectivity index (χ0v) is 27.9. The molecule has 2 aliphatic rings. The van der Waals surface area contributed by atoms with Crippen molar-refractivity contribution in [1.29, 1.82) is 10.5 Å². The van der Waals surface area contributed by atoms with Crippen LogP contribution < -0.4 is 21.6 Å². The number of fused-ring (bicyclic) bond motifs is 8. The van der Waals surface area contributed by atoms with Crippen molar-refractivity contribution in [3.05, 3.63) is 102 Å². The van der Waals surface area contributed by atoms with Crippen LogP contribution in [0.4, 0.5) is 0 Å². The first kappa shape index (κ1) is 29.1. The number of pyridine rings is 2. The number of phenols is 2. The third-order valence-electron chi connectivity index (χ3n) is 8.59. The molecule has 0 saturated carbocycles. The standard InChI is InChI=1S/C34H16N6O4S4/c1-13-15(11-35)31(43)39-19-9-5-3-7-17(19)37-29(39)21(13)33-45-25-23(41)27-28(24(42)26(25)46-33)48-34(47-27)22-14(2)16(12-36)32(44)40-20-10-6-4-8-18(20)38-30(22)40/h3-10,41-42H,1-2H3. The van der Waals surface area contributed by atoms with Crippen molar-refractivity contribution in [2.24, 2.45) is 0 Å². The Balaban J connectivity index is 1.27. The zero-order valence-electron chi connectivity index (χ0n) is 24.6. The van der Waals surface area contributed by atoms with Gasteiger partial charge in [0.1, 0.15) is 46.1 Å². The van der Waals surface area contributed by atoms with Gasteiger partial charge in [0.05, 0.1) is 50.1 Å². The second-order valence-corrected chi connectivity index (χ2v) is 15.7. The van der Waals surface area contributed by atoms with E-state index in [1.807, 2.05) is 12.1 Å². The largest absolute Gasteiger partial charge is 0.505 e. The molecular weight excluding hydrogens is 685 g/mol. The first-order valence-corrected chi connectivity index (χ1v) is 17.6. The summed E-state index contributed by atoms with van der Waals surface area (Å²) < 4.78 is 4.23. The summed E-state index contributed by atoms with van der Waals surface area (Å²) in [4.78, 5) is 38.1. The van der Waals surface area contributed by atoms with Crippen LogP contribution in [0.15, 0.2) is 77.7 Å². The van der Waals surface area contributed by atoms with Crippen LogP contribution in [0.1, 0.15) is 22.3 Å². The Kier molecular flexibility index (Phi) is 6.17. The molecule has 6 heterocycles. The second-order valence-electron chi connectivity index (χ2n) is 11.1. The van der Waals surface area contributed by atoms with Gasteiger partial charge in [-0.15, -0.1) is 0 Å². The van der Waals surface area contributed by atoms with E-state index in [1.165, 1.54) is 55.8 Å². The zero-order chi connectivity index (χ0) is 33.2. The second kappa shape index (κ2) is 10.2. The predicted octanol–water partition coefficient (Wildman–Crippen LogP) is 5.15. The van der Waals surface area contributed by atoms with Crippen LogP contribution in [0.3, 0.4) is 0 Å². The quantitative estimate of drug-likeness (QED) is 0.201. The number of rotatable bonds is 0. The van der Waals surface area contributed by atoms with Crippen LogP contribution in [-0.4, -0.2) is 29.0 Å². The molecule has 9 rings (SSSR count). The molecule has 0 bridgehead atoms. The van der Waals surface area contributed by atoms with Crippen LogP contribution in [0.25, 0.3) is 41.8 Å². The van der Waals surface area contributed by atoms with Crippen LogP contribution in [0, 0.1) is 36.5 Å². The van der Waals surface area contributed by atoms with Gasteiger partial charge in [0.15, 0.2) is 0 Å². The number of hydrogen-bond donors (Lipinski definition) is 2. The molecule has 2 aliphatic heterocycles. The molecule has 7 aromatic rings. The average molecular weight is 701 g/mol. The van der Waals surface area contributed by atoms with Gasteiger partial charge in [-0.25, -0.2) is 9.97 Å². The van der Waals surface area contributed by atoms with E-state index in [4.69, 9.17) is 9.97 Å². The summed E-state index contributed by atoms with van der Waals surface area (Å²) in [6.45, 7) is 3.42. The fourth-order valence-corrected chi connectivity index (χ4v) is 12.0.